The third kappa shape index (κ3) is 3.86. The maximum absolute atomic E-state index is 6.47. The third-order valence-electron chi connectivity index (χ3n) is 6.77. The molecule has 0 bridgehead atoms. The van der Waals surface area contributed by atoms with Gasteiger partial charge in [-0.2, -0.15) is 0 Å². The molecule has 0 spiro atoms. The van der Waals surface area contributed by atoms with Crippen molar-refractivity contribution in [3.05, 3.63) is 72.1 Å². The predicted octanol–water partition coefficient (Wildman–Crippen LogP) is 4.01. The van der Waals surface area contributed by atoms with E-state index in [2.05, 4.69) is 33.9 Å². The first-order valence-electron chi connectivity index (χ1n) is 12.1. The molecule has 6 rings (SSSR count). The molecule has 0 amide bonds. The SMILES string of the molecule is CCN(CCOC)c1nccc2oc(-c3cnc4ccc(O[C@H]5Cc6ccccc6[C@H]5N)nn34)cc12. The van der Waals surface area contributed by atoms with Crippen molar-refractivity contribution in [2.45, 2.75) is 25.5 Å². The minimum absolute atomic E-state index is 0.175. The zero-order valence-electron chi connectivity index (χ0n) is 20.3. The van der Waals surface area contributed by atoms with Gasteiger partial charge < -0.3 is 24.5 Å². The van der Waals surface area contributed by atoms with E-state index in [1.807, 2.05) is 36.4 Å². The number of hydrogen-bond donors (Lipinski definition) is 1. The monoisotopic (exact) mass is 484 g/mol. The Morgan fingerprint density at radius 3 is 2.89 bits per heavy atom. The number of nitrogens with two attached hydrogens (primary N) is 1. The highest BCUT2D eigenvalue weighted by molar-refractivity contribution is 5.91. The lowest BCUT2D eigenvalue weighted by Gasteiger charge is -2.21. The highest BCUT2D eigenvalue weighted by Gasteiger charge is 2.31. The van der Waals surface area contributed by atoms with Gasteiger partial charge in [-0.1, -0.05) is 24.3 Å². The lowest BCUT2D eigenvalue weighted by atomic mass is 10.1. The van der Waals surface area contributed by atoms with Crippen LogP contribution in [-0.4, -0.2) is 52.5 Å². The van der Waals surface area contributed by atoms with Gasteiger partial charge in [0.2, 0.25) is 5.88 Å². The summed E-state index contributed by atoms with van der Waals surface area (Å²) in [7, 11) is 1.70. The van der Waals surface area contributed by atoms with Gasteiger partial charge in [-0.25, -0.2) is 14.5 Å². The molecule has 5 aromatic rings. The summed E-state index contributed by atoms with van der Waals surface area (Å²) in [6.45, 7) is 4.26. The van der Waals surface area contributed by atoms with E-state index >= 15 is 0 Å². The summed E-state index contributed by atoms with van der Waals surface area (Å²) >= 11 is 0. The van der Waals surface area contributed by atoms with Crippen LogP contribution >= 0.6 is 0 Å². The van der Waals surface area contributed by atoms with Gasteiger partial charge in [-0.3, -0.25) is 0 Å². The van der Waals surface area contributed by atoms with Crippen molar-refractivity contribution in [1.82, 2.24) is 19.6 Å². The fourth-order valence-electron chi connectivity index (χ4n) is 4.89. The number of anilines is 1. The van der Waals surface area contributed by atoms with Crippen LogP contribution < -0.4 is 15.4 Å². The van der Waals surface area contributed by atoms with Gasteiger partial charge in [0.1, 0.15) is 23.2 Å². The minimum Gasteiger partial charge on any atom is -0.471 e. The van der Waals surface area contributed by atoms with Gasteiger partial charge in [-0.15, -0.1) is 5.10 Å². The second kappa shape index (κ2) is 9.25. The topological polar surface area (TPSA) is 104 Å². The van der Waals surface area contributed by atoms with Gasteiger partial charge in [0, 0.05) is 38.9 Å². The van der Waals surface area contributed by atoms with Crippen molar-refractivity contribution in [2.24, 2.45) is 5.73 Å². The fraction of sp³-hybridized carbons (Fsp3) is 0.296. The Balaban J connectivity index is 1.33. The molecular weight excluding hydrogens is 456 g/mol. The molecule has 0 saturated carbocycles. The van der Waals surface area contributed by atoms with Gasteiger partial charge in [0.05, 0.1) is 24.2 Å². The van der Waals surface area contributed by atoms with Crippen molar-refractivity contribution in [2.75, 3.05) is 31.7 Å². The van der Waals surface area contributed by atoms with Crippen LogP contribution in [0.1, 0.15) is 24.1 Å². The number of methoxy groups -OCH3 is 1. The Labute approximate surface area is 208 Å². The average Bonchev–Trinajstić information content (AvgIpc) is 3.60. The summed E-state index contributed by atoms with van der Waals surface area (Å²) in [6, 6.07) is 15.6. The van der Waals surface area contributed by atoms with Crippen molar-refractivity contribution in [3.63, 3.8) is 0 Å². The van der Waals surface area contributed by atoms with Gasteiger partial charge in [-0.05, 0) is 36.2 Å². The van der Waals surface area contributed by atoms with Crippen LogP contribution in [0.25, 0.3) is 28.1 Å². The number of imidazole rings is 1. The van der Waals surface area contributed by atoms with E-state index < -0.39 is 0 Å². The van der Waals surface area contributed by atoms with E-state index in [9.17, 15) is 0 Å². The van der Waals surface area contributed by atoms with Crippen LogP contribution in [0, 0.1) is 0 Å². The van der Waals surface area contributed by atoms with Gasteiger partial charge in [0.25, 0.3) is 0 Å². The molecular formula is C27H28N6O3. The molecule has 1 aromatic carbocycles. The first kappa shape index (κ1) is 22.5. The highest BCUT2D eigenvalue weighted by Crippen LogP contribution is 2.34. The summed E-state index contributed by atoms with van der Waals surface area (Å²) in [5, 5.41) is 5.66. The fourth-order valence-corrected chi connectivity index (χ4v) is 4.89. The molecule has 0 radical (unpaired) electrons. The number of fused-ring (bicyclic) bond motifs is 3. The van der Waals surface area contributed by atoms with Crippen molar-refractivity contribution < 1.29 is 13.9 Å². The van der Waals surface area contributed by atoms with Gasteiger partial charge in [0.15, 0.2) is 11.4 Å². The smallest absolute Gasteiger partial charge is 0.232 e. The van der Waals surface area contributed by atoms with Crippen LogP contribution in [0.2, 0.25) is 0 Å². The molecule has 0 saturated heterocycles. The molecule has 9 heteroatoms. The number of rotatable bonds is 8. The van der Waals surface area contributed by atoms with E-state index in [-0.39, 0.29) is 12.1 Å². The van der Waals surface area contributed by atoms with Crippen LogP contribution in [0.5, 0.6) is 5.88 Å². The number of likely N-dealkylation sites (N-methyl/N-ethyl adjacent to an activating group) is 1. The molecule has 0 aliphatic heterocycles. The predicted molar refractivity (Wildman–Crippen MR) is 137 cm³/mol. The van der Waals surface area contributed by atoms with Crippen LogP contribution in [0.4, 0.5) is 5.82 Å². The van der Waals surface area contributed by atoms with E-state index in [1.54, 1.807) is 24.0 Å². The summed E-state index contributed by atoms with van der Waals surface area (Å²) < 4.78 is 19.5. The normalized spacial score (nSPS) is 17.1. The van der Waals surface area contributed by atoms with Crippen LogP contribution in [0.3, 0.4) is 0 Å². The molecule has 1 aliphatic carbocycles. The van der Waals surface area contributed by atoms with E-state index in [0.29, 0.717) is 23.9 Å². The van der Waals surface area contributed by atoms with Crippen molar-refractivity contribution in [1.29, 1.82) is 0 Å². The largest absolute Gasteiger partial charge is 0.471 e. The Bertz CT molecular complexity index is 1530. The van der Waals surface area contributed by atoms with Crippen molar-refractivity contribution in [3.8, 4) is 17.3 Å². The molecule has 4 aromatic heterocycles. The molecule has 0 fully saturated rings. The zero-order chi connectivity index (χ0) is 24.6. The number of ether oxygens (including phenoxy) is 2. The maximum atomic E-state index is 6.47. The highest BCUT2D eigenvalue weighted by atomic mass is 16.5. The number of furan rings is 1. The average molecular weight is 485 g/mol. The molecule has 0 unspecified atom stereocenters. The first-order chi connectivity index (χ1) is 17.7. The van der Waals surface area contributed by atoms with Gasteiger partial charge >= 0.3 is 0 Å². The number of hydrogen-bond acceptors (Lipinski definition) is 8. The summed E-state index contributed by atoms with van der Waals surface area (Å²) in [6.07, 6.45) is 4.11. The standard InChI is InChI=1S/C27H28N6O3/c1-3-32(12-13-34-2)27-19-15-22(35-21(19)10-11-29-27)20-16-30-24-8-9-25(31-33(20)24)36-23-14-17-6-4-5-7-18(17)26(23)28/h4-11,15-16,23,26H,3,12-14,28H2,1-2H3/t23-,26+/m0/s1. The maximum Gasteiger partial charge on any atom is 0.232 e. The third-order valence-corrected chi connectivity index (χ3v) is 6.77. The lowest BCUT2D eigenvalue weighted by Crippen LogP contribution is -2.28. The zero-order valence-corrected chi connectivity index (χ0v) is 20.3. The van der Waals surface area contributed by atoms with Crippen molar-refractivity contribution >= 4 is 22.4 Å². The summed E-state index contributed by atoms with van der Waals surface area (Å²) in [5.41, 5.74) is 11.0. The van der Waals surface area contributed by atoms with Crippen LogP contribution in [-0.2, 0) is 11.2 Å². The Hall–Kier alpha value is -3.95. The first-order valence-corrected chi connectivity index (χ1v) is 12.1. The number of aromatic nitrogens is 4. The molecule has 4 heterocycles. The Kier molecular flexibility index (Phi) is 5.79. The molecule has 184 valence electrons. The number of pyridine rings is 1. The molecule has 9 nitrogen and oxygen atoms in total. The second-order valence-corrected chi connectivity index (χ2v) is 8.90. The Morgan fingerprint density at radius 2 is 2.06 bits per heavy atom. The van der Waals surface area contributed by atoms with Crippen LogP contribution in [0.15, 0.2) is 65.3 Å². The number of nitrogens with zero attached hydrogens (tertiary/aromatic N) is 5. The summed E-state index contributed by atoms with van der Waals surface area (Å²) in [5.74, 6) is 2.01. The lowest BCUT2D eigenvalue weighted by molar-refractivity contribution is 0.175. The Morgan fingerprint density at radius 1 is 1.17 bits per heavy atom. The van der Waals surface area contributed by atoms with E-state index in [1.165, 1.54) is 5.56 Å². The molecule has 36 heavy (non-hydrogen) atoms. The summed E-state index contributed by atoms with van der Waals surface area (Å²) in [4.78, 5) is 11.3. The van der Waals surface area contributed by atoms with E-state index in [0.717, 1.165) is 47.6 Å². The second-order valence-electron chi connectivity index (χ2n) is 8.90. The molecule has 2 N–H and O–H groups in total. The van der Waals surface area contributed by atoms with E-state index in [4.69, 9.17) is 24.7 Å². The molecule has 1 aliphatic rings. The minimum atomic E-state index is -0.193. The quantitative estimate of drug-likeness (QED) is 0.352. The molecule has 2 atom stereocenters. The number of benzene rings is 1.